The molecule has 1 aromatic rings. The Bertz CT molecular complexity index is 604. The molecule has 0 aliphatic heterocycles. The van der Waals surface area contributed by atoms with Gasteiger partial charge in [-0.1, -0.05) is 35.7 Å². The second-order valence-corrected chi connectivity index (χ2v) is 7.50. The molecule has 0 radical (unpaired) electrons. The van der Waals surface area contributed by atoms with Crippen LogP contribution in [0.25, 0.3) is 0 Å². The highest BCUT2D eigenvalue weighted by atomic mass is 79.9. The second-order valence-electron chi connectivity index (χ2n) is 4.05. The van der Waals surface area contributed by atoms with Gasteiger partial charge < -0.3 is 4.74 Å². The fourth-order valence-electron chi connectivity index (χ4n) is 1.48. The van der Waals surface area contributed by atoms with E-state index in [1.165, 1.54) is 0 Å². The summed E-state index contributed by atoms with van der Waals surface area (Å²) in [6, 6.07) is 2.15. The van der Waals surface area contributed by atoms with Crippen LogP contribution in [0.2, 0.25) is 0 Å². The van der Waals surface area contributed by atoms with Gasteiger partial charge in [0.2, 0.25) is 0 Å². The van der Waals surface area contributed by atoms with Gasteiger partial charge in [0, 0.05) is 15.2 Å². The van der Waals surface area contributed by atoms with Crippen LogP contribution in [-0.2, 0) is 13.8 Å². The van der Waals surface area contributed by atoms with Crippen molar-refractivity contribution in [3.05, 3.63) is 28.0 Å². The molecule has 0 saturated carbocycles. The van der Waals surface area contributed by atoms with Crippen molar-refractivity contribution >= 4 is 41.6 Å². The van der Waals surface area contributed by atoms with E-state index in [0.29, 0.717) is 6.42 Å². The molecule has 0 aliphatic rings. The Labute approximate surface area is 129 Å². The Balaban J connectivity index is 3.01. The molecule has 8 heteroatoms. The van der Waals surface area contributed by atoms with Gasteiger partial charge in [0.15, 0.2) is 5.82 Å². The van der Waals surface area contributed by atoms with Crippen molar-refractivity contribution < 1.29 is 22.3 Å². The number of rotatable bonds is 6. The lowest BCUT2D eigenvalue weighted by Crippen LogP contribution is -2.11. The average molecular weight is 388 g/mol. The van der Waals surface area contributed by atoms with Crippen molar-refractivity contribution in [1.29, 1.82) is 0 Å². The fraction of sp³-hybridized carbons (Fsp3) is 0.417. The van der Waals surface area contributed by atoms with Gasteiger partial charge in [-0.05, 0) is 18.6 Å². The minimum atomic E-state index is -4.28. The van der Waals surface area contributed by atoms with Crippen LogP contribution >= 0.6 is 26.6 Å². The number of hydrogen-bond acceptors (Lipinski definition) is 4. The number of esters is 1. The van der Waals surface area contributed by atoms with Gasteiger partial charge in [0.1, 0.15) is 4.90 Å². The van der Waals surface area contributed by atoms with E-state index in [4.69, 9.17) is 15.4 Å². The maximum Gasteiger partial charge on any atom is 0.341 e. The predicted octanol–water partition coefficient (Wildman–Crippen LogP) is 3.86. The summed E-state index contributed by atoms with van der Waals surface area (Å²) in [6.45, 7) is 2.15. The summed E-state index contributed by atoms with van der Waals surface area (Å²) in [7, 11) is 0.836. The molecule has 0 amide bonds. The van der Waals surface area contributed by atoms with Crippen LogP contribution in [-0.4, -0.2) is 21.0 Å². The summed E-state index contributed by atoms with van der Waals surface area (Å²) >= 11 is 3.00. The highest BCUT2D eigenvalue weighted by molar-refractivity contribution is 9.10. The van der Waals surface area contributed by atoms with Crippen molar-refractivity contribution in [2.45, 2.75) is 31.1 Å². The van der Waals surface area contributed by atoms with Crippen LogP contribution in [0.15, 0.2) is 21.5 Å². The summed E-state index contributed by atoms with van der Waals surface area (Å²) in [6.07, 6.45) is 2.51. The monoisotopic (exact) mass is 386 g/mol. The van der Waals surface area contributed by atoms with Gasteiger partial charge in [0.25, 0.3) is 9.05 Å². The van der Waals surface area contributed by atoms with Gasteiger partial charge >= 0.3 is 5.97 Å². The molecule has 0 atom stereocenters. The summed E-state index contributed by atoms with van der Waals surface area (Å²) in [5, 5.41) is 0. The number of benzene rings is 1. The summed E-state index contributed by atoms with van der Waals surface area (Å²) < 4.78 is 41.6. The molecular formula is C12H13BrClFO4S. The van der Waals surface area contributed by atoms with Crippen molar-refractivity contribution in [3.63, 3.8) is 0 Å². The summed E-state index contributed by atoms with van der Waals surface area (Å²) in [5.41, 5.74) is -0.463. The van der Waals surface area contributed by atoms with E-state index >= 15 is 0 Å². The largest absolute Gasteiger partial charge is 0.462 e. The Morgan fingerprint density at radius 2 is 2.05 bits per heavy atom. The lowest BCUT2D eigenvalue weighted by molar-refractivity contribution is 0.0492. The minimum absolute atomic E-state index is 0.154. The van der Waals surface area contributed by atoms with Crippen LogP contribution in [0.4, 0.5) is 4.39 Å². The topological polar surface area (TPSA) is 60.4 Å². The predicted molar refractivity (Wildman–Crippen MR) is 76.9 cm³/mol. The van der Waals surface area contributed by atoms with Crippen molar-refractivity contribution in [2.75, 3.05) is 6.61 Å². The molecule has 0 aliphatic carbocycles. The first kappa shape index (κ1) is 17.4. The third kappa shape index (κ3) is 4.71. The normalized spacial score (nSPS) is 11.4. The van der Waals surface area contributed by atoms with Crippen molar-refractivity contribution in [3.8, 4) is 0 Å². The molecule has 0 fully saturated rings. The first-order valence-corrected chi connectivity index (χ1v) is 8.98. The third-order valence-corrected chi connectivity index (χ3v) is 4.25. The lowest BCUT2D eigenvalue weighted by atomic mass is 10.2. The molecule has 20 heavy (non-hydrogen) atoms. The third-order valence-electron chi connectivity index (χ3n) is 2.47. The van der Waals surface area contributed by atoms with E-state index in [1.54, 1.807) is 0 Å². The number of hydrogen-bond donors (Lipinski definition) is 0. The van der Waals surface area contributed by atoms with Crippen LogP contribution < -0.4 is 0 Å². The number of halogens is 3. The fourth-order valence-corrected chi connectivity index (χ4v) is 3.02. The van der Waals surface area contributed by atoms with Crippen LogP contribution in [0.5, 0.6) is 0 Å². The number of unbranched alkanes of at least 4 members (excludes halogenated alkanes) is 2. The average Bonchev–Trinajstić information content (AvgIpc) is 2.35. The second kappa shape index (κ2) is 7.38. The molecule has 0 bridgehead atoms. The van der Waals surface area contributed by atoms with Crippen LogP contribution in [0, 0.1) is 5.82 Å². The summed E-state index contributed by atoms with van der Waals surface area (Å²) in [4.78, 5) is 11.0. The number of carbonyl (C=O) groups excluding carboxylic acids is 1. The van der Waals surface area contributed by atoms with Crippen LogP contribution in [0.3, 0.4) is 0 Å². The van der Waals surface area contributed by atoms with Crippen molar-refractivity contribution in [2.24, 2.45) is 0 Å². The highest BCUT2D eigenvalue weighted by Crippen LogP contribution is 2.27. The molecule has 1 aromatic carbocycles. The molecule has 4 nitrogen and oxygen atoms in total. The van der Waals surface area contributed by atoms with E-state index in [-0.39, 0.29) is 11.1 Å². The van der Waals surface area contributed by atoms with Gasteiger partial charge in [-0.3, -0.25) is 0 Å². The lowest BCUT2D eigenvalue weighted by Gasteiger charge is -2.08. The van der Waals surface area contributed by atoms with Gasteiger partial charge in [-0.15, -0.1) is 0 Å². The molecule has 0 saturated heterocycles. The molecule has 1 rings (SSSR count). The molecular weight excluding hydrogens is 375 g/mol. The first-order chi connectivity index (χ1) is 9.27. The molecule has 0 aromatic heterocycles. The summed E-state index contributed by atoms with van der Waals surface area (Å²) in [5.74, 6) is -2.12. The zero-order chi connectivity index (χ0) is 15.3. The Kier molecular flexibility index (Phi) is 6.42. The van der Waals surface area contributed by atoms with Crippen LogP contribution in [0.1, 0.15) is 36.5 Å². The van der Waals surface area contributed by atoms with E-state index in [2.05, 4.69) is 15.9 Å². The Morgan fingerprint density at radius 3 is 2.60 bits per heavy atom. The number of ether oxygens (including phenoxy) is 1. The Hall–Kier alpha value is -0.660. The van der Waals surface area contributed by atoms with E-state index < -0.39 is 31.3 Å². The smallest absolute Gasteiger partial charge is 0.341 e. The number of carbonyl (C=O) groups is 1. The standard InChI is InChI=1S/C12H13BrClFO4S/c1-2-3-4-5-19-12(16)9-6-8(13)7-10(11(9)15)20(14,17)18/h6-7H,2-5H2,1H3. The zero-order valence-electron chi connectivity index (χ0n) is 10.7. The van der Waals surface area contributed by atoms with E-state index in [0.717, 1.165) is 25.0 Å². The quantitative estimate of drug-likeness (QED) is 0.422. The van der Waals surface area contributed by atoms with E-state index in [9.17, 15) is 17.6 Å². The van der Waals surface area contributed by atoms with Gasteiger partial charge in [-0.2, -0.15) is 0 Å². The van der Waals surface area contributed by atoms with Gasteiger partial charge in [-0.25, -0.2) is 17.6 Å². The highest BCUT2D eigenvalue weighted by Gasteiger charge is 2.24. The molecule has 0 heterocycles. The maximum absolute atomic E-state index is 14.0. The SMILES string of the molecule is CCCCCOC(=O)c1cc(Br)cc(S(=O)(=O)Cl)c1F. The Morgan fingerprint density at radius 1 is 1.40 bits per heavy atom. The molecule has 0 unspecified atom stereocenters. The van der Waals surface area contributed by atoms with Gasteiger partial charge in [0.05, 0.1) is 12.2 Å². The minimum Gasteiger partial charge on any atom is -0.462 e. The molecule has 112 valence electrons. The van der Waals surface area contributed by atoms with Crippen molar-refractivity contribution in [1.82, 2.24) is 0 Å². The molecule has 0 spiro atoms. The zero-order valence-corrected chi connectivity index (χ0v) is 13.8. The van der Waals surface area contributed by atoms with E-state index in [1.807, 2.05) is 6.92 Å². The molecule has 0 N–H and O–H groups in total. The maximum atomic E-state index is 14.0. The first-order valence-electron chi connectivity index (χ1n) is 5.88.